The van der Waals surface area contributed by atoms with Gasteiger partial charge in [-0.15, -0.1) is 0 Å². The van der Waals surface area contributed by atoms with E-state index in [1.54, 1.807) is 0 Å². The maximum atomic E-state index is 10.3. The van der Waals surface area contributed by atoms with Crippen LogP contribution in [0.4, 0.5) is 0 Å². The van der Waals surface area contributed by atoms with Crippen LogP contribution in [0.15, 0.2) is 0 Å². The second kappa shape index (κ2) is 4.42. The zero-order valence-corrected chi connectivity index (χ0v) is 7.03. The minimum absolute atomic E-state index is 0.0496. The van der Waals surface area contributed by atoms with E-state index >= 15 is 0 Å². The summed E-state index contributed by atoms with van der Waals surface area (Å²) in [7, 11) is 0. The molecule has 1 aliphatic heterocycles. The van der Waals surface area contributed by atoms with Gasteiger partial charge in [0.1, 0.15) is 0 Å². The van der Waals surface area contributed by atoms with Crippen LogP contribution in [-0.2, 0) is 9.53 Å². The molecule has 4 heteroatoms. The lowest BCUT2D eigenvalue weighted by atomic mass is 9.92. The summed E-state index contributed by atoms with van der Waals surface area (Å²) in [6.45, 7) is 1.41. The molecule has 0 unspecified atom stereocenters. The minimum Gasteiger partial charge on any atom is -0.481 e. The summed E-state index contributed by atoms with van der Waals surface area (Å²) in [4.78, 5) is 10.3. The van der Waals surface area contributed by atoms with Gasteiger partial charge in [-0.3, -0.25) is 4.79 Å². The third-order valence-corrected chi connectivity index (χ3v) is 2.21. The van der Waals surface area contributed by atoms with Crippen LogP contribution >= 0.6 is 0 Å². The molecule has 0 aromatic heterocycles. The van der Waals surface area contributed by atoms with Gasteiger partial charge < -0.3 is 15.6 Å². The quantitative estimate of drug-likeness (QED) is 0.640. The molecule has 0 bridgehead atoms. The van der Waals surface area contributed by atoms with Crippen LogP contribution in [0.3, 0.4) is 0 Å². The largest absolute Gasteiger partial charge is 0.481 e. The molecule has 0 aromatic carbocycles. The number of carboxylic acids is 1. The molecule has 1 saturated heterocycles. The molecule has 0 radical (unpaired) electrons. The maximum Gasteiger partial charge on any atom is 0.304 e. The van der Waals surface area contributed by atoms with Crippen molar-refractivity contribution in [1.29, 1.82) is 0 Å². The van der Waals surface area contributed by atoms with Gasteiger partial charge in [0.05, 0.1) is 13.0 Å². The van der Waals surface area contributed by atoms with Crippen LogP contribution in [0.25, 0.3) is 0 Å². The van der Waals surface area contributed by atoms with E-state index in [2.05, 4.69) is 0 Å². The average molecular weight is 173 g/mol. The normalized spacial score (nSPS) is 26.6. The molecule has 0 spiro atoms. The number of aliphatic carboxylic acids is 1. The predicted octanol–water partition coefficient (Wildman–Crippen LogP) is 0.215. The van der Waals surface area contributed by atoms with E-state index < -0.39 is 5.97 Å². The molecule has 1 aliphatic rings. The molecule has 0 aliphatic carbocycles. The fourth-order valence-corrected chi connectivity index (χ4v) is 1.47. The first-order valence-corrected chi connectivity index (χ1v) is 4.25. The average Bonchev–Trinajstić information content (AvgIpc) is 2.05. The highest BCUT2D eigenvalue weighted by Crippen LogP contribution is 2.17. The van der Waals surface area contributed by atoms with E-state index in [0.29, 0.717) is 6.61 Å². The van der Waals surface area contributed by atoms with E-state index in [9.17, 15) is 4.79 Å². The molecular formula is C8H15NO3. The Morgan fingerprint density at radius 2 is 2.50 bits per heavy atom. The van der Waals surface area contributed by atoms with Crippen molar-refractivity contribution in [1.82, 2.24) is 0 Å². The molecule has 2 atom stereocenters. The number of rotatable bonds is 3. The van der Waals surface area contributed by atoms with Crippen molar-refractivity contribution in [2.75, 3.05) is 13.2 Å². The van der Waals surface area contributed by atoms with Gasteiger partial charge in [0.2, 0.25) is 0 Å². The van der Waals surface area contributed by atoms with Gasteiger partial charge in [0, 0.05) is 12.6 Å². The van der Waals surface area contributed by atoms with Gasteiger partial charge in [0.25, 0.3) is 0 Å². The number of carboxylic acid groups (broad SMARTS) is 1. The van der Waals surface area contributed by atoms with E-state index in [-0.39, 0.29) is 18.4 Å². The van der Waals surface area contributed by atoms with Gasteiger partial charge in [-0.1, -0.05) is 0 Å². The summed E-state index contributed by atoms with van der Waals surface area (Å²) in [6.07, 6.45) is 2.04. The molecule has 4 nitrogen and oxygen atoms in total. The number of carbonyl (C=O) groups is 1. The number of ether oxygens (including phenoxy) is 1. The zero-order valence-electron chi connectivity index (χ0n) is 7.03. The summed E-state index contributed by atoms with van der Waals surface area (Å²) in [6, 6.07) is -0.247. The van der Waals surface area contributed by atoms with Crippen LogP contribution in [-0.4, -0.2) is 30.3 Å². The van der Waals surface area contributed by atoms with Gasteiger partial charge in [-0.25, -0.2) is 0 Å². The Balaban J connectivity index is 2.29. The van der Waals surface area contributed by atoms with Crippen molar-refractivity contribution in [3.63, 3.8) is 0 Å². The van der Waals surface area contributed by atoms with Crippen molar-refractivity contribution in [2.45, 2.75) is 25.3 Å². The van der Waals surface area contributed by atoms with Crippen LogP contribution < -0.4 is 5.73 Å². The topological polar surface area (TPSA) is 72.6 Å². The monoisotopic (exact) mass is 173 g/mol. The minimum atomic E-state index is -0.826. The number of nitrogens with two attached hydrogens (primary N) is 1. The molecule has 3 N–H and O–H groups in total. The zero-order chi connectivity index (χ0) is 8.97. The Morgan fingerprint density at radius 3 is 3.00 bits per heavy atom. The van der Waals surface area contributed by atoms with Gasteiger partial charge in [0.15, 0.2) is 0 Å². The van der Waals surface area contributed by atoms with Gasteiger partial charge in [-0.05, 0) is 18.8 Å². The second-order valence-corrected chi connectivity index (χ2v) is 3.24. The first-order valence-electron chi connectivity index (χ1n) is 4.25. The third kappa shape index (κ3) is 2.79. The first kappa shape index (κ1) is 9.48. The third-order valence-electron chi connectivity index (χ3n) is 2.21. The molecule has 12 heavy (non-hydrogen) atoms. The maximum absolute atomic E-state index is 10.3. The number of hydrogen-bond donors (Lipinski definition) is 2. The summed E-state index contributed by atoms with van der Waals surface area (Å²) >= 11 is 0. The molecule has 1 heterocycles. The fourth-order valence-electron chi connectivity index (χ4n) is 1.47. The van der Waals surface area contributed by atoms with Gasteiger partial charge >= 0.3 is 5.97 Å². The van der Waals surface area contributed by atoms with Crippen molar-refractivity contribution in [3.05, 3.63) is 0 Å². The molecule has 70 valence electrons. The van der Waals surface area contributed by atoms with Crippen LogP contribution in [0.5, 0.6) is 0 Å². The van der Waals surface area contributed by atoms with Crippen molar-refractivity contribution in [3.8, 4) is 0 Å². The second-order valence-electron chi connectivity index (χ2n) is 3.24. The lowest BCUT2D eigenvalue weighted by Gasteiger charge is -2.26. The van der Waals surface area contributed by atoms with Crippen molar-refractivity contribution in [2.24, 2.45) is 11.7 Å². The SMILES string of the molecule is N[C@@H](CC(=O)O)[C@H]1CCCOC1. The van der Waals surface area contributed by atoms with E-state index in [1.807, 2.05) is 0 Å². The van der Waals surface area contributed by atoms with E-state index in [1.165, 1.54) is 0 Å². The molecule has 0 aromatic rings. The van der Waals surface area contributed by atoms with Crippen molar-refractivity contribution < 1.29 is 14.6 Å². The van der Waals surface area contributed by atoms with Crippen molar-refractivity contribution >= 4 is 5.97 Å². The Morgan fingerprint density at radius 1 is 1.75 bits per heavy atom. The smallest absolute Gasteiger partial charge is 0.304 e. The van der Waals surface area contributed by atoms with Crippen LogP contribution in [0.1, 0.15) is 19.3 Å². The Labute approximate surface area is 71.7 Å². The number of hydrogen-bond acceptors (Lipinski definition) is 3. The molecule has 0 saturated carbocycles. The van der Waals surface area contributed by atoms with Gasteiger partial charge in [-0.2, -0.15) is 0 Å². The summed E-state index contributed by atoms with van der Waals surface area (Å²) in [5.74, 6) is -0.595. The standard InChI is InChI=1S/C8H15NO3/c9-7(4-8(10)11)6-2-1-3-12-5-6/h6-7H,1-5,9H2,(H,10,11)/t6-,7-/m0/s1. The Bertz CT molecular complexity index is 154. The van der Waals surface area contributed by atoms with E-state index in [0.717, 1.165) is 19.4 Å². The lowest BCUT2D eigenvalue weighted by molar-refractivity contribution is -0.137. The predicted molar refractivity (Wildman–Crippen MR) is 43.8 cm³/mol. The molecular weight excluding hydrogens is 158 g/mol. The Kier molecular flexibility index (Phi) is 3.49. The summed E-state index contributed by atoms with van der Waals surface area (Å²) in [5, 5.41) is 8.49. The molecule has 1 fully saturated rings. The highest BCUT2D eigenvalue weighted by atomic mass is 16.5. The molecule has 1 rings (SSSR count). The summed E-state index contributed by atoms with van der Waals surface area (Å²) in [5.41, 5.74) is 5.69. The van der Waals surface area contributed by atoms with Crippen LogP contribution in [0, 0.1) is 5.92 Å². The van der Waals surface area contributed by atoms with E-state index in [4.69, 9.17) is 15.6 Å². The first-order chi connectivity index (χ1) is 5.70. The highest BCUT2D eigenvalue weighted by molar-refractivity contribution is 5.67. The summed E-state index contributed by atoms with van der Waals surface area (Å²) < 4.78 is 5.21. The molecule has 0 amide bonds. The lowest BCUT2D eigenvalue weighted by Crippen LogP contribution is -2.37. The highest BCUT2D eigenvalue weighted by Gasteiger charge is 2.22. The Hall–Kier alpha value is -0.610. The fraction of sp³-hybridized carbons (Fsp3) is 0.875. The van der Waals surface area contributed by atoms with Crippen LogP contribution in [0.2, 0.25) is 0 Å².